The average molecular weight is 349 g/mol. The highest BCUT2D eigenvalue weighted by atomic mass is 32.2. The van der Waals surface area contributed by atoms with E-state index in [2.05, 4.69) is 4.98 Å². The van der Waals surface area contributed by atoms with Crippen molar-refractivity contribution in [1.29, 1.82) is 0 Å². The van der Waals surface area contributed by atoms with Crippen molar-refractivity contribution < 1.29 is 19.4 Å². The van der Waals surface area contributed by atoms with Crippen molar-refractivity contribution in [1.82, 2.24) is 4.98 Å². The number of aryl methyl sites for hydroxylation is 1. The van der Waals surface area contributed by atoms with E-state index in [1.165, 1.54) is 0 Å². The van der Waals surface area contributed by atoms with Crippen LogP contribution in [0.15, 0.2) is 28.0 Å². The lowest BCUT2D eigenvalue weighted by Crippen LogP contribution is -2.44. The van der Waals surface area contributed by atoms with Crippen molar-refractivity contribution in [2.45, 2.75) is 23.1 Å². The number of thiazole rings is 1. The van der Waals surface area contributed by atoms with E-state index in [0.717, 1.165) is 34.2 Å². The van der Waals surface area contributed by atoms with Gasteiger partial charge in [0.05, 0.1) is 10.9 Å². The first-order chi connectivity index (χ1) is 11.0. The van der Waals surface area contributed by atoms with Gasteiger partial charge in [-0.15, -0.1) is 0 Å². The Kier molecular flexibility index (Phi) is 3.14. The van der Waals surface area contributed by atoms with Crippen molar-refractivity contribution in [2.75, 3.05) is 0 Å². The molecule has 2 N–H and O–H groups in total. The number of H-pyrrole nitrogens is 1. The van der Waals surface area contributed by atoms with E-state index in [1.54, 1.807) is 6.07 Å². The predicted octanol–water partition coefficient (Wildman–Crippen LogP) is 1.97. The number of hydrogen-bond acceptors (Lipinski definition) is 6. The van der Waals surface area contributed by atoms with E-state index in [0.29, 0.717) is 15.7 Å². The van der Waals surface area contributed by atoms with Gasteiger partial charge in [-0.1, -0.05) is 40.8 Å². The molecule has 23 heavy (non-hydrogen) atoms. The third-order valence-corrected chi connectivity index (χ3v) is 6.48. The van der Waals surface area contributed by atoms with Crippen molar-refractivity contribution in [3.8, 4) is 5.75 Å². The summed E-state index contributed by atoms with van der Waals surface area (Å²) in [5.41, 5.74) is 1.74. The summed E-state index contributed by atoms with van der Waals surface area (Å²) in [6.07, 6.45) is 0. The van der Waals surface area contributed by atoms with Gasteiger partial charge in [0, 0.05) is 16.4 Å². The molecule has 0 saturated carbocycles. The maximum Gasteiger partial charge on any atom is 0.317 e. The molecule has 8 heteroatoms. The van der Waals surface area contributed by atoms with Crippen LogP contribution in [0.1, 0.15) is 21.9 Å². The largest absolute Gasteiger partial charge is 0.480 e. The molecule has 0 fully saturated rings. The van der Waals surface area contributed by atoms with Crippen LogP contribution in [-0.4, -0.2) is 27.3 Å². The molecule has 1 aromatic carbocycles. The Hall–Kier alpha value is -2.06. The van der Waals surface area contributed by atoms with E-state index < -0.39 is 29.0 Å². The van der Waals surface area contributed by atoms with E-state index >= 15 is 0 Å². The zero-order valence-corrected chi connectivity index (χ0v) is 13.5. The van der Waals surface area contributed by atoms with E-state index in [4.69, 9.17) is 4.74 Å². The predicted molar refractivity (Wildman–Crippen MR) is 84.4 cm³/mol. The van der Waals surface area contributed by atoms with Crippen LogP contribution in [-0.2, 0) is 9.59 Å². The average Bonchev–Trinajstić information content (AvgIpc) is 2.86. The minimum absolute atomic E-state index is 0.250. The highest BCUT2D eigenvalue weighted by Crippen LogP contribution is 2.53. The molecule has 0 spiro atoms. The van der Waals surface area contributed by atoms with Crippen LogP contribution in [0.3, 0.4) is 0 Å². The third-order valence-electron chi connectivity index (χ3n) is 4.08. The lowest BCUT2D eigenvalue weighted by Gasteiger charge is -2.37. The number of nitrogens with one attached hydrogen (secondary N) is 1. The number of carbonyl (C=O) groups excluding carboxylic acids is 1. The molecule has 2 aliphatic rings. The number of aliphatic carboxylic acids is 1. The maximum atomic E-state index is 12.4. The summed E-state index contributed by atoms with van der Waals surface area (Å²) in [7, 11) is 0. The van der Waals surface area contributed by atoms with Crippen molar-refractivity contribution in [2.24, 2.45) is 5.92 Å². The summed E-state index contributed by atoms with van der Waals surface area (Å²) in [5, 5.41) is 9.06. The highest BCUT2D eigenvalue weighted by Gasteiger charge is 2.51. The molecule has 0 amide bonds. The number of esters is 1. The van der Waals surface area contributed by atoms with Crippen molar-refractivity contribution in [3.05, 3.63) is 43.9 Å². The van der Waals surface area contributed by atoms with Gasteiger partial charge in [-0.25, -0.2) is 0 Å². The number of benzene rings is 1. The van der Waals surface area contributed by atoms with E-state index in [1.807, 2.05) is 19.1 Å². The summed E-state index contributed by atoms with van der Waals surface area (Å²) < 4.78 is 5.36. The molecule has 4 rings (SSSR count). The summed E-state index contributed by atoms with van der Waals surface area (Å²) in [6.45, 7) is 1.92. The molecule has 118 valence electrons. The van der Waals surface area contributed by atoms with Gasteiger partial charge in [-0.05, 0) is 13.0 Å². The fourth-order valence-electron chi connectivity index (χ4n) is 3.14. The Bertz CT molecular complexity index is 900. The van der Waals surface area contributed by atoms with Crippen LogP contribution in [0.5, 0.6) is 5.75 Å². The number of aromatic nitrogens is 1. The van der Waals surface area contributed by atoms with Gasteiger partial charge in [0.25, 0.3) is 0 Å². The number of rotatable bonds is 1. The molecule has 3 heterocycles. The smallest absolute Gasteiger partial charge is 0.317 e. The Balaban J connectivity index is 2.00. The Morgan fingerprint density at radius 3 is 2.87 bits per heavy atom. The second-order valence-electron chi connectivity index (χ2n) is 5.55. The molecule has 0 unspecified atom stereocenters. The third kappa shape index (κ3) is 2.13. The van der Waals surface area contributed by atoms with Crippen molar-refractivity contribution in [3.63, 3.8) is 0 Å². The lowest BCUT2D eigenvalue weighted by atomic mass is 9.79. The van der Waals surface area contributed by atoms with Gasteiger partial charge in [0.2, 0.25) is 0 Å². The second-order valence-corrected chi connectivity index (χ2v) is 7.72. The van der Waals surface area contributed by atoms with Gasteiger partial charge < -0.3 is 14.8 Å². The molecule has 3 atom stereocenters. The number of carboxylic acids is 1. The molecule has 2 aromatic rings. The van der Waals surface area contributed by atoms with E-state index in [-0.39, 0.29) is 4.87 Å². The maximum absolute atomic E-state index is 12.4. The van der Waals surface area contributed by atoms with Gasteiger partial charge in [0.1, 0.15) is 11.0 Å². The standard InChI is InChI=1S/C15H11NO5S2/c1-5-2-3-7-6(4-5)8-9(14(19)21-7)11(13(17)18)22-12-10(8)23-15(20)16-12/h2-4,8-9,11H,1H3,(H,16,20)(H,17,18)/t8-,9-,11-/m1/s1. The lowest BCUT2D eigenvalue weighted by molar-refractivity contribution is -0.147. The number of hydrogen-bond donors (Lipinski definition) is 2. The first-order valence-electron chi connectivity index (χ1n) is 6.90. The molecule has 0 aliphatic carbocycles. The highest BCUT2D eigenvalue weighted by molar-refractivity contribution is 8.00. The van der Waals surface area contributed by atoms with E-state index in [9.17, 15) is 19.5 Å². The summed E-state index contributed by atoms with van der Waals surface area (Å²) >= 11 is 2.04. The molecule has 1 aromatic heterocycles. The zero-order chi connectivity index (χ0) is 16.3. The molecule has 0 radical (unpaired) electrons. The van der Waals surface area contributed by atoms with Crippen LogP contribution in [0.25, 0.3) is 0 Å². The minimum Gasteiger partial charge on any atom is -0.480 e. The molecular formula is C15H11NO5S2. The van der Waals surface area contributed by atoms with Gasteiger partial charge in [-0.2, -0.15) is 0 Å². The van der Waals surface area contributed by atoms with Gasteiger partial charge >= 0.3 is 16.8 Å². The molecule has 2 aliphatic heterocycles. The molecular weight excluding hydrogens is 338 g/mol. The van der Waals surface area contributed by atoms with Gasteiger partial charge in [-0.3, -0.25) is 14.4 Å². The topological polar surface area (TPSA) is 96.5 Å². The second kappa shape index (κ2) is 4.97. The fraction of sp³-hybridized carbons (Fsp3) is 0.267. The number of carboxylic acid groups (broad SMARTS) is 1. The zero-order valence-electron chi connectivity index (χ0n) is 11.9. The monoisotopic (exact) mass is 349 g/mol. The van der Waals surface area contributed by atoms with Crippen molar-refractivity contribution >= 4 is 35.0 Å². The van der Waals surface area contributed by atoms with Crippen LogP contribution < -0.4 is 9.61 Å². The quantitative estimate of drug-likeness (QED) is 0.604. The number of fused-ring (bicyclic) bond motifs is 5. The molecule has 0 bridgehead atoms. The van der Waals surface area contributed by atoms with Crippen LogP contribution >= 0.6 is 23.1 Å². The number of aromatic amines is 1. The van der Waals surface area contributed by atoms with Crippen LogP contribution in [0.2, 0.25) is 0 Å². The molecule has 6 nitrogen and oxygen atoms in total. The Morgan fingerprint density at radius 2 is 2.13 bits per heavy atom. The fourth-order valence-corrected chi connectivity index (χ4v) is 5.53. The summed E-state index contributed by atoms with van der Waals surface area (Å²) in [4.78, 5) is 39.0. The van der Waals surface area contributed by atoms with Crippen LogP contribution in [0, 0.1) is 12.8 Å². The van der Waals surface area contributed by atoms with Crippen LogP contribution in [0.4, 0.5) is 0 Å². The normalized spacial score (nSPS) is 25.1. The Labute approximate surface area is 138 Å². The number of carbonyl (C=O) groups is 2. The number of ether oxygens (including phenoxy) is 1. The first-order valence-corrected chi connectivity index (χ1v) is 8.60. The SMILES string of the molecule is Cc1ccc2c(c1)[C@H]1c3sc(=O)[nH]c3S[C@@H](C(=O)O)[C@@H]1C(=O)O2. The van der Waals surface area contributed by atoms with Gasteiger partial charge in [0.15, 0.2) is 0 Å². The number of thioether (sulfide) groups is 1. The first kappa shape index (κ1) is 14.5. The summed E-state index contributed by atoms with van der Waals surface area (Å²) in [5.74, 6) is -2.52. The molecule has 0 saturated heterocycles. The summed E-state index contributed by atoms with van der Waals surface area (Å²) in [6, 6.07) is 5.44. The Morgan fingerprint density at radius 1 is 1.35 bits per heavy atom. The minimum atomic E-state index is -1.09.